The second-order valence-corrected chi connectivity index (χ2v) is 5.63. The molecule has 0 atom stereocenters. The van der Waals surface area contributed by atoms with Crippen LogP contribution in [0.5, 0.6) is 0 Å². The Morgan fingerprint density at radius 3 is 2.45 bits per heavy atom. The molecule has 2 aliphatic rings. The third kappa shape index (κ3) is 2.02. The van der Waals surface area contributed by atoms with Crippen LogP contribution in [0.15, 0.2) is 24.5 Å². The van der Waals surface area contributed by atoms with E-state index in [0.29, 0.717) is 12.1 Å². The number of imide groups is 1. The maximum absolute atomic E-state index is 12.8. The van der Waals surface area contributed by atoms with Crippen molar-refractivity contribution < 1.29 is 9.59 Å². The van der Waals surface area contributed by atoms with Crippen LogP contribution in [0.2, 0.25) is 0 Å². The van der Waals surface area contributed by atoms with Gasteiger partial charge in [0.1, 0.15) is 0 Å². The molecular weight excluding hydrogens is 254 g/mol. The van der Waals surface area contributed by atoms with Gasteiger partial charge in [-0.25, -0.2) is 4.90 Å². The lowest BCUT2D eigenvalue weighted by molar-refractivity contribution is -0.128. The summed E-state index contributed by atoms with van der Waals surface area (Å²) >= 11 is 0. The quantitative estimate of drug-likeness (QED) is 0.765. The molecule has 1 spiro atoms. The van der Waals surface area contributed by atoms with Gasteiger partial charge in [-0.3, -0.25) is 14.6 Å². The number of pyridine rings is 1. The minimum atomic E-state index is -0.466. The van der Waals surface area contributed by atoms with Gasteiger partial charge in [0.2, 0.25) is 11.8 Å². The van der Waals surface area contributed by atoms with Gasteiger partial charge in [0.25, 0.3) is 0 Å². The largest absolute Gasteiger partial charge is 0.304 e. The van der Waals surface area contributed by atoms with E-state index >= 15 is 0 Å². The van der Waals surface area contributed by atoms with E-state index in [1.54, 1.807) is 24.5 Å². The molecule has 20 heavy (non-hydrogen) atoms. The molecule has 3 heterocycles. The molecule has 0 N–H and O–H groups in total. The van der Waals surface area contributed by atoms with Crippen LogP contribution in [0.4, 0.5) is 5.69 Å². The fourth-order valence-corrected chi connectivity index (χ4v) is 3.24. The first-order valence-electron chi connectivity index (χ1n) is 7.16. The Kier molecular flexibility index (Phi) is 3.30. The van der Waals surface area contributed by atoms with Gasteiger partial charge in [-0.05, 0) is 44.6 Å². The standard InChI is InChI=1S/C15H19N3O2/c1-2-17-9-5-15(6-10-17)11-13(19)18(14(15)20)12-3-7-16-8-4-12/h3-4,7-8H,2,5-6,9-11H2,1H3. The topological polar surface area (TPSA) is 53.5 Å². The summed E-state index contributed by atoms with van der Waals surface area (Å²) in [7, 11) is 0. The Morgan fingerprint density at radius 2 is 1.85 bits per heavy atom. The van der Waals surface area contributed by atoms with E-state index < -0.39 is 5.41 Å². The predicted octanol–water partition coefficient (Wildman–Crippen LogP) is 1.45. The van der Waals surface area contributed by atoms with Crippen LogP contribution in [0.3, 0.4) is 0 Å². The molecule has 0 aliphatic carbocycles. The normalized spacial score (nSPS) is 22.8. The van der Waals surface area contributed by atoms with Crippen molar-refractivity contribution in [2.75, 3.05) is 24.5 Å². The van der Waals surface area contributed by atoms with Crippen molar-refractivity contribution in [2.45, 2.75) is 26.2 Å². The molecule has 5 heteroatoms. The molecule has 0 unspecified atom stereocenters. The van der Waals surface area contributed by atoms with Crippen molar-refractivity contribution in [2.24, 2.45) is 5.41 Å². The lowest BCUT2D eigenvalue weighted by atomic mass is 9.77. The van der Waals surface area contributed by atoms with Gasteiger partial charge in [-0.2, -0.15) is 0 Å². The fourth-order valence-electron chi connectivity index (χ4n) is 3.24. The third-order valence-corrected chi connectivity index (χ3v) is 4.58. The van der Waals surface area contributed by atoms with E-state index in [0.717, 1.165) is 32.5 Å². The number of carbonyl (C=O) groups is 2. The Bertz CT molecular complexity index is 521. The maximum atomic E-state index is 12.8. The Balaban J connectivity index is 1.84. The summed E-state index contributed by atoms with van der Waals surface area (Å²) in [6, 6.07) is 3.44. The van der Waals surface area contributed by atoms with E-state index in [1.807, 2.05) is 0 Å². The van der Waals surface area contributed by atoms with Crippen LogP contribution < -0.4 is 4.90 Å². The first-order chi connectivity index (χ1) is 9.66. The highest BCUT2D eigenvalue weighted by atomic mass is 16.2. The van der Waals surface area contributed by atoms with E-state index in [9.17, 15) is 9.59 Å². The predicted molar refractivity (Wildman–Crippen MR) is 75.1 cm³/mol. The SMILES string of the molecule is CCN1CCC2(CC1)CC(=O)N(c1ccncc1)C2=O. The van der Waals surface area contributed by atoms with Crippen LogP contribution in [0, 0.1) is 5.41 Å². The van der Waals surface area contributed by atoms with Crippen LogP contribution in [0.1, 0.15) is 26.2 Å². The lowest BCUT2D eigenvalue weighted by Gasteiger charge is -2.36. The average molecular weight is 273 g/mol. The molecule has 5 nitrogen and oxygen atoms in total. The first-order valence-corrected chi connectivity index (χ1v) is 7.16. The van der Waals surface area contributed by atoms with E-state index in [1.165, 1.54) is 4.90 Å². The van der Waals surface area contributed by atoms with Crippen molar-refractivity contribution >= 4 is 17.5 Å². The minimum absolute atomic E-state index is 0.0237. The number of rotatable bonds is 2. The van der Waals surface area contributed by atoms with Gasteiger partial charge >= 0.3 is 0 Å². The summed E-state index contributed by atoms with van der Waals surface area (Å²) in [5, 5.41) is 0. The van der Waals surface area contributed by atoms with Crippen LogP contribution in [-0.2, 0) is 9.59 Å². The zero-order valence-corrected chi connectivity index (χ0v) is 11.7. The molecule has 1 aromatic rings. The Morgan fingerprint density at radius 1 is 1.20 bits per heavy atom. The number of amides is 2. The van der Waals surface area contributed by atoms with E-state index in [4.69, 9.17) is 0 Å². The van der Waals surface area contributed by atoms with Crippen LogP contribution in [-0.4, -0.2) is 41.3 Å². The molecular formula is C15H19N3O2. The van der Waals surface area contributed by atoms with Gasteiger partial charge < -0.3 is 4.90 Å². The van der Waals surface area contributed by atoms with Crippen molar-refractivity contribution in [3.63, 3.8) is 0 Å². The third-order valence-electron chi connectivity index (χ3n) is 4.58. The molecule has 2 fully saturated rings. The highest BCUT2D eigenvalue weighted by molar-refractivity contribution is 6.22. The molecule has 0 aromatic carbocycles. The molecule has 2 amide bonds. The smallest absolute Gasteiger partial charge is 0.240 e. The second-order valence-electron chi connectivity index (χ2n) is 5.63. The van der Waals surface area contributed by atoms with E-state index in [-0.39, 0.29) is 11.8 Å². The van der Waals surface area contributed by atoms with Gasteiger partial charge in [-0.1, -0.05) is 6.92 Å². The molecule has 0 radical (unpaired) electrons. The zero-order valence-electron chi connectivity index (χ0n) is 11.7. The lowest BCUT2D eigenvalue weighted by Crippen LogP contribution is -2.44. The van der Waals surface area contributed by atoms with Gasteiger partial charge in [-0.15, -0.1) is 0 Å². The van der Waals surface area contributed by atoms with Crippen molar-refractivity contribution in [3.05, 3.63) is 24.5 Å². The monoisotopic (exact) mass is 273 g/mol. The van der Waals surface area contributed by atoms with Crippen molar-refractivity contribution in [1.29, 1.82) is 0 Å². The van der Waals surface area contributed by atoms with Gasteiger partial charge in [0.05, 0.1) is 11.1 Å². The molecule has 2 saturated heterocycles. The number of likely N-dealkylation sites (tertiary alicyclic amines) is 1. The maximum Gasteiger partial charge on any atom is 0.240 e. The molecule has 0 bridgehead atoms. The first kappa shape index (κ1) is 13.2. The zero-order chi connectivity index (χ0) is 14.2. The van der Waals surface area contributed by atoms with Crippen molar-refractivity contribution in [1.82, 2.24) is 9.88 Å². The number of piperidine rings is 1. The number of carbonyl (C=O) groups excluding carboxylic acids is 2. The van der Waals surface area contributed by atoms with Gasteiger partial charge in [0, 0.05) is 18.8 Å². The number of hydrogen-bond donors (Lipinski definition) is 0. The molecule has 3 rings (SSSR count). The number of hydrogen-bond acceptors (Lipinski definition) is 4. The minimum Gasteiger partial charge on any atom is -0.304 e. The van der Waals surface area contributed by atoms with E-state index in [2.05, 4.69) is 16.8 Å². The summed E-state index contributed by atoms with van der Waals surface area (Å²) in [5.41, 5.74) is 0.177. The van der Waals surface area contributed by atoms with Crippen LogP contribution >= 0.6 is 0 Å². The highest BCUT2D eigenvalue weighted by Crippen LogP contribution is 2.43. The Labute approximate surface area is 118 Å². The molecule has 2 aliphatic heterocycles. The Hall–Kier alpha value is -1.75. The number of anilines is 1. The number of nitrogens with zero attached hydrogens (tertiary/aromatic N) is 3. The van der Waals surface area contributed by atoms with Crippen LogP contribution in [0.25, 0.3) is 0 Å². The summed E-state index contributed by atoms with van der Waals surface area (Å²) in [6.45, 7) is 4.94. The highest BCUT2D eigenvalue weighted by Gasteiger charge is 2.52. The summed E-state index contributed by atoms with van der Waals surface area (Å²) in [4.78, 5) is 32.7. The number of aromatic nitrogens is 1. The summed E-state index contributed by atoms with van der Waals surface area (Å²) in [6.07, 6.45) is 5.15. The average Bonchev–Trinajstić information content (AvgIpc) is 2.72. The second kappa shape index (κ2) is 4.98. The molecule has 106 valence electrons. The summed E-state index contributed by atoms with van der Waals surface area (Å²) < 4.78 is 0. The summed E-state index contributed by atoms with van der Waals surface area (Å²) in [5.74, 6) is -0.101. The fraction of sp³-hybridized carbons (Fsp3) is 0.533. The van der Waals surface area contributed by atoms with Crippen molar-refractivity contribution in [3.8, 4) is 0 Å². The van der Waals surface area contributed by atoms with Gasteiger partial charge in [0.15, 0.2) is 0 Å². The molecule has 1 aromatic heterocycles. The molecule has 0 saturated carbocycles.